The molecular weight excluding hydrogens is 259 g/mol. The molecule has 1 amide bonds. The van der Waals surface area contributed by atoms with Crippen molar-refractivity contribution in [2.45, 2.75) is 6.18 Å². The number of carboxylic acid groups (broad SMARTS) is 1. The Morgan fingerprint density at radius 1 is 1.41 bits per heavy atom. The second-order valence-corrected chi connectivity index (χ2v) is 3.96. The van der Waals surface area contributed by atoms with Gasteiger partial charge in [0.15, 0.2) is 0 Å². The maximum atomic E-state index is 12.2. The van der Waals surface area contributed by atoms with Crippen LogP contribution in [0.1, 0.15) is 10.4 Å². The fourth-order valence-electron chi connectivity index (χ4n) is 1.15. The van der Waals surface area contributed by atoms with Crippen molar-refractivity contribution in [3.8, 4) is 0 Å². The van der Waals surface area contributed by atoms with Gasteiger partial charge in [-0.1, -0.05) is 0 Å². The summed E-state index contributed by atoms with van der Waals surface area (Å²) in [7, 11) is 0. The van der Waals surface area contributed by atoms with E-state index in [0.717, 1.165) is 11.3 Å². The van der Waals surface area contributed by atoms with Crippen molar-refractivity contribution in [1.29, 1.82) is 0 Å². The first-order valence-corrected chi connectivity index (χ1v) is 5.34. The molecule has 0 aliphatic heterocycles. The number of carbonyl (C=O) groups excluding carboxylic acids is 1. The molecule has 0 aliphatic carbocycles. The van der Waals surface area contributed by atoms with Crippen LogP contribution in [0.5, 0.6) is 0 Å². The van der Waals surface area contributed by atoms with E-state index in [1.54, 1.807) is 0 Å². The van der Waals surface area contributed by atoms with E-state index >= 15 is 0 Å². The SMILES string of the molecule is O=C(O)CN(CC(F)(F)F)C(=O)c1ccsc1. The minimum absolute atomic E-state index is 0.0560. The van der Waals surface area contributed by atoms with Crippen LogP contribution in [0.25, 0.3) is 0 Å². The lowest BCUT2D eigenvalue weighted by atomic mass is 10.3. The van der Waals surface area contributed by atoms with Gasteiger partial charge in [0.2, 0.25) is 0 Å². The topological polar surface area (TPSA) is 57.6 Å². The molecule has 8 heteroatoms. The molecule has 94 valence electrons. The zero-order valence-electron chi connectivity index (χ0n) is 8.40. The fourth-order valence-corrected chi connectivity index (χ4v) is 1.78. The van der Waals surface area contributed by atoms with Crippen LogP contribution >= 0.6 is 11.3 Å². The van der Waals surface area contributed by atoms with E-state index in [2.05, 4.69) is 0 Å². The number of amides is 1. The smallest absolute Gasteiger partial charge is 0.406 e. The third-order valence-electron chi connectivity index (χ3n) is 1.75. The largest absolute Gasteiger partial charge is 0.480 e. The summed E-state index contributed by atoms with van der Waals surface area (Å²) in [5, 5.41) is 11.4. The maximum absolute atomic E-state index is 12.2. The van der Waals surface area contributed by atoms with Crippen LogP contribution in [0.4, 0.5) is 13.2 Å². The van der Waals surface area contributed by atoms with Crippen molar-refractivity contribution in [1.82, 2.24) is 4.90 Å². The van der Waals surface area contributed by atoms with E-state index in [1.165, 1.54) is 16.8 Å². The van der Waals surface area contributed by atoms with Gasteiger partial charge in [0.25, 0.3) is 5.91 Å². The Hall–Kier alpha value is -1.57. The Bertz CT molecular complexity index is 402. The first-order valence-electron chi connectivity index (χ1n) is 4.39. The Morgan fingerprint density at radius 3 is 2.47 bits per heavy atom. The monoisotopic (exact) mass is 267 g/mol. The highest BCUT2D eigenvalue weighted by Gasteiger charge is 2.34. The highest BCUT2D eigenvalue weighted by molar-refractivity contribution is 7.08. The summed E-state index contributed by atoms with van der Waals surface area (Å²) in [4.78, 5) is 22.3. The number of hydrogen-bond donors (Lipinski definition) is 1. The van der Waals surface area contributed by atoms with Gasteiger partial charge in [-0.2, -0.15) is 24.5 Å². The number of rotatable bonds is 4. The molecule has 0 saturated carbocycles. The second kappa shape index (κ2) is 5.17. The second-order valence-electron chi connectivity index (χ2n) is 3.18. The average molecular weight is 267 g/mol. The van der Waals surface area contributed by atoms with E-state index < -0.39 is 31.1 Å². The number of nitrogens with zero attached hydrogens (tertiary/aromatic N) is 1. The summed E-state index contributed by atoms with van der Waals surface area (Å²) in [6, 6.07) is 1.35. The van der Waals surface area contributed by atoms with Crippen molar-refractivity contribution in [3.63, 3.8) is 0 Å². The Morgan fingerprint density at radius 2 is 2.06 bits per heavy atom. The molecule has 17 heavy (non-hydrogen) atoms. The summed E-state index contributed by atoms with van der Waals surface area (Å²) < 4.78 is 36.5. The maximum Gasteiger partial charge on any atom is 0.406 e. The molecule has 0 aromatic carbocycles. The lowest BCUT2D eigenvalue weighted by molar-refractivity contribution is -0.149. The number of halogens is 3. The van der Waals surface area contributed by atoms with Crippen molar-refractivity contribution in [2.24, 2.45) is 0 Å². The summed E-state index contributed by atoms with van der Waals surface area (Å²) in [5.74, 6) is -2.43. The van der Waals surface area contributed by atoms with Crippen LogP contribution in [0.3, 0.4) is 0 Å². The third-order valence-corrected chi connectivity index (χ3v) is 2.43. The first kappa shape index (κ1) is 13.5. The summed E-state index contributed by atoms with van der Waals surface area (Å²) in [5.41, 5.74) is 0.0560. The molecule has 0 bridgehead atoms. The van der Waals surface area contributed by atoms with Gasteiger partial charge in [0, 0.05) is 5.38 Å². The molecule has 0 fully saturated rings. The van der Waals surface area contributed by atoms with Crippen molar-refractivity contribution in [2.75, 3.05) is 13.1 Å². The molecule has 0 unspecified atom stereocenters. The summed E-state index contributed by atoms with van der Waals surface area (Å²) >= 11 is 1.15. The van der Waals surface area contributed by atoms with Gasteiger partial charge in [-0.25, -0.2) is 0 Å². The van der Waals surface area contributed by atoms with Crippen molar-refractivity contribution >= 4 is 23.2 Å². The van der Waals surface area contributed by atoms with Crippen LogP contribution in [-0.2, 0) is 4.79 Å². The molecule has 0 atom stereocenters. The number of carboxylic acids is 1. The minimum Gasteiger partial charge on any atom is -0.480 e. The number of aliphatic carboxylic acids is 1. The molecule has 4 nitrogen and oxygen atoms in total. The molecule has 1 aromatic heterocycles. The van der Waals surface area contributed by atoms with E-state index in [9.17, 15) is 22.8 Å². The van der Waals surface area contributed by atoms with Crippen molar-refractivity contribution < 1.29 is 27.9 Å². The molecule has 1 heterocycles. The number of carbonyl (C=O) groups is 2. The van der Waals surface area contributed by atoms with Gasteiger partial charge >= 0.3 is 12.1 Å². The van der Waals surface area contributed by atoms with Crippen LogP contribution in [0.15, 0.2) is 16.8 Å². The predicted molar refractivity (Wildman–Crippen MR) is 53.9 cm³/mol. The van der Waals surface area contributed by atoms with Gasteiger partial charge in [0.05, 0.1) is 5.56 Å². The molecule has 0 saturated heterocycles. The Kier molecular flexibility index (Phi) is 4.11. The molecule has 1 N–H and O–H groups in total. The van der Waals surface area contributed by atoms with E-state index in [4.69, 9.17) is 5.11 Å². The normalized spacial score (nSPS) is 11.2. The minimum atomic E-state index is -4.62. The number of hydrogen-bond acceptors (Lipinski definition) is 3. The lowest BCUT2D eigenvalue weighted by Gasteiger charge is -2.21. The standard InChI is InChI=1S/C9H8F3NO3S/c10-9(11,12)5-13(3-7(14)15)8(16)6-1-2-17-4-6/h1-2,4H,3,5H2,(H,14,15). The van der Waals surface area contributed by atoms with Crippen LogP contribution in [-0.4, -0.2) is 41.1 Å². The Labute approximate surface area is 98.3 Å². The average Bonchev–Trinajstić information content (AvgIpc) is 2.65. The van der Waals surface area contributed by atoms with Crippen LogP contribution in [0.2, 0.25) is 0 Å². The molecule has 0 aliphatic rings. The fraction of sp³-hybridized carbons (Fsp3) is 0.333. The molecule has 0 spiro atoms. The van der Waals surface area contributed by atoms with Crippen LogP contribution in [0, 0.1) is 0 Å². The van der Waals surface area contributed by atoms with Crippen molar-refractivity contribution in [3.05, 3.63) is 22.4 Å². The zero-order valence-corrected chi connectivity index (χ0v) is 9.22. The van der Waals surface area contributed by atoms with E-state index in [-0.39, 0.29) is 10.5 Å². The third kappa shape index (κ3) is 4.43. The summed E-state index contributed by atoms with van der Waals surface area (Å²) in [6.45, 7) is -2.55. The van der Waals surface area contributed by atoms with Gasteiger partial charge < -0.3 is 10.0 Å². The predicted octanol–water partition coefficient (Wildman–Crippen LogP) is 1.84. The molecule has 0 radical (unpaired) electrons. The van der Waals surface area contributed by atoms with E-state index in [0.29, 0.717) is 0 Å². The molecular formula is C9H8F3NO3S. The van der Waals surface area contributed by atoms with Gasteiger partial charge in [-0.05, 0) is 11.4 Å². The Balaban J connectivity index is 2.83. The highest BCUT2D eigenvalue weighted by Crippen LogP contribution is 2.18. The lowest BCUT2D eigenvalue weighted by Crippen LogP contribution is -2.41. The molecule has 1 aromatic rings. The quantitative estimate of drug-likeness (QED) is 0.905. The molecule has 1 rings (SSSR count). The van der Waals surface area contributed by atoms with E-state index in [1.807, 2.05) is 0 Å². The number of thiophene rings is 1. The zero-order chi connectivity index (χ0) is 13.1. The first-order chi connectivity index (χ1) is 7.79. The van der Waals surface area contributed by atoms with Gasteiger partial charge in [0.1, 0.15) is 13.1 Å². The number of alkyl halides is 3. The van der Waals surface area contributed by atoms with Crippen LogP contribution < -0.4 is 0 Å². The van der Waals surface area contributed by atoms with Gasteiger partial charge in [-0.15, -0.1) is 0 Å². The summed E-state index contributed by atoms with van der Waals surface area (Å²) in [6.07, 6.45) is -4.62. The highest BCUT2D eigenvalue weighted by atomic mass is 32.1. The van der Waals surface area contributed by atoms with Gasteiger partial charge in [-0.3, -0.25) is 9.59 Å².